The van der Waals surface area contributed by atoms with E-state index in [-0.39, 0.29) is 0 Å². The van der Waals surface area contributed by atoms with E-state index in [0.717, 1.165) is 48.5 Å². The predicted molar refractivity (Wildman–Crippen MR) is 137 cm³/mol. The molecular weight excluding hydrogens is 459 g/mol. The number of amidine groups is 1. The van der Waals surface area contributed by atoms with E-state index in [1.807, 2.05) is 0 Å². The molecule has 2 aromatic rings. The van der Waals surface area contributed by atoms with Gasteiger partial charge in [-0.1, -0.05) is 36.2 Å². The summed E-state index contributed by atoms with van der Waals surface area (Å²) in [5.74, 6) is 4.00. The van der Waals surface area contributed by atoms with E-state index < -0.39 is 11.7 Å². The van der Waals surface area contributed by atoms with E-state index in [4.69, 9.17) is 4.99 Å². The minimum atomic E-state index is -4.34. The number of nitrogens with zero attached hydrogens (tertiary/aromatic N) is 3. The molecule has 0 aromatic heterocycles. The molecule has 7 rings (SSSR count). The van der Waals surface area contributed by atoms with Gasteiger partial charge in [-0.3, -0.25) is 5.01 Å². The number of alkyl halides is 3. The van der Waals surface area contributed by atoms with Crippen LogP contribution in [0.3, 0.4) is 0 Å². The zero-order valence-corrected chi connectivity index (χ0v) is 21.1. The third-order valence-corrected chi connectivity index (χ3v) is 9.05. The van der Waals surface area contributed by atoms with Crippen LogP contribution in [0.1, 0.15) is 68.1 Å². The average Bonchev–Trinajstić information content (AvgIpc) is 2.86. The van der Waals surface area contributed by atoms with Crippen LogP contribution in [-0.4, -0.2) is 35.0 Å². The maximum Gasteiger partial charge on any atom is 0.416 e. The Bertz CT molecular complexity index is 1060. The second-order valence-corrected chi connectivity index (χ2v) is 11.6. The number of rotatable bonds is 4. The molecule has 3 nitrogen and oxygen atoms in total. The molecule has 0 amide bonds. The van der Waals surface area contributed by atoms with Crippen LogP contribution in [0.4, 0.5) is 18.9 Å². The molecule has 1 heterocycles. The summed E-state index contributed by atoms with van der Waals surface area (Å²) in [6.45, 7) is 4.11. The van der Waals surface area contributed by atoms with Gasteiger partial charge in [0.15, 0.2) is 5.84 Å². The fraction of sp³-hybridized carbons (Fsp3) is 0.567. The standard InChI is InChI=1S/C30H36F3N3/c1-20-5-7-23(8-6-20)29(34-27-11-9-26(10-12-27)30(31,32)33)36(35-13-3-2-4-14-35)28-24-16-21-15-22(18-24)19-25(28)17-21/h5-12,21-22,24-25,28H,2-4,13-19H2,1H3. The summed E-state index contributed by atoms with van der Waals surface area (Å²) >= 11 is 0. The molecule has 36 heavy (non-hydrogen) atoms. The molecule has 2 aromatic carbocycles. The monoisotopic (exact) mass is 495 g/mol. The third kappa shape index (κ3) is 4.69. The molecule has 192 valence electrons. The maximum absolute atomic E-state index is 13.2. The first-order chi connectivity index (χ1) is 17.3. The molecular formula is C30H36F3N3. The van der Waals surface area contributed by atoms with Crippen LogP contribution in [0.25, 0.3) is 0 Å². The van der Waals surface area contributed by atoms with Gasteiger partial charge in [-0.05, 0) is 99.8 Å². The first-order valence-corrected chi connectivity index (χ1v) is 13.7. The van der Waals surface area contributed by atoms with Crippen LogP contribution in [0, 0.1) is 30.6 Å². The van der Waals surface area contributed by atoms with Gasteiger partial charge < -0.3 is 0 Å². The van der Waals surface area contributed by atoms with E-state index in [1.165, 1.54) is 69.1 Å². The summed E-state index contributed by atoms with van der Waals surface area (Å²) in [5.41, 5.74) is 2.17. The van der Waals surface area contributed by atoms with Crippen LogP contribution in [0.5, 0.6) is 0 Å². The lowest BCUT2D eigenvalue weighted by Gasteiger charge is -2.59. The predicted octanol–water partition coefficient (Wildman–Crippen LogP) is 7.62. The number of aliphatic imine (C=N–C) groups is 1. The van der Waals surface area contributed by atoms with Crippen LogP contribution in [0.15, 0.2) is 53.5 Å². The van der Waals surface area contributed by atoms with Crippen molar-refractivity contribution in [3.05, 3.63) is 65.2 Å². The summed E-state index contributed by atoms with van der Waals surface area (Å²) in [6, 6.07) is 14.2. The molecule has 0 spiro atoms. The Morgan fingerprint density at radius 2 is 1.39 bits per heavy atom. The number of piperidine rings is 1. The first kappa shape index (κ1) is 24.0. The number of hydrazine groups is 1. The van der Waals surface area contributed by atoms with Crippen molar-refractivity contribution in [2.75, 3.05) is 13.1 Å². The van der Waals surface area contributed by atoms with Crippen molar-refractivity contribution < 1.29 is 13.2 Å². The molecule has 5 fully saturated rings. The fourth-order valence-electron chi connectivity index (χ4n) is 7.65. The largest absolute Gasteiger partial charge is 0.416 e. The second-order valence-electron chi connectivity index (χ2n) is 11.6. The topological polar surface area (TPSA) is 18.8 Å². The van der Waals surface area contributed by atoms with Gasteiger partial charge in [0.05, 0.1) is 17.3 Å². The van der Waals surface area contributed by atoms with Crippen molar-refractivity contribution in [2.24, 2.45) is 28.7 Å². The minimum Gasteiger partial charge on any atom is -0.285 e. The van der Waals surface area contributed by atoms with Crippen molar-refractivity contribution in [3.8, 4) is 0 Å². The average molecular weight is 496 g/mol. The van der Waals surface area contributed by atoms with Crippen LogP contribution >= 0.6 is 0 Å². The molecule has 4 aliphatic carbocycles. The minimum absolute atomic E-state index is 0.422. The van der Waals surface area contributed by atoms with E-state index in [9.17, 15) is 13.2 Å². The van der Waals surface area contributed by atoms with E-state index in [0.29, 0.717) is 23.6 Å². The zero-order valence-electron chi connectivity index (χ0n) is 21.1. The molecule has 4 bridgehead atoms. The highest BCUT2D eigenvalue weighted by atomic mass is 19.4. The molecule has 1 aliphatic heterocycles. The highest BCUT2D eigenvalue weighted by Crippen LogP contribution is 2.55. The normalized spacial score (nSPS) is 30.6. The lowest BCUT2D eigenvalue weighted by Crippen LogP contribution is -2.63. The van der Waals surface area contributed by atoms with Crippen LogP contribution in [-0.2, 0) is 6.18 Å². The van der Waals surface area contributed by atoms with E-state index in [2.05, 4.69) is 41.2 Å². The van der Waals surface area contributed by atoms with Crippen molar-refractivity contribution in [3.63, 3.8) is 0 Å². The number of halogens is 3. The quantitative estimate of drug-likeness (QED) is 0.321. The zero-order chi connectivity index (χ0) is 24.9. The molecule has 0 unspecified atom stereocenters. The van der Waals surface area contributed by atoms with Gasteiger partial charge in [-0.25, -0.2) is 10.0 Å². The van der Waals surface area contributed by atoms with Crippen molar-refractivity contribution in [2.45, 2.75) is 70.5 Å². The molecule has 0 N–H and O–H groups in total. The molecule has 0 radical (unpaired) electrons. The smallest absolute Gasteiger partial charge is 0.285 e. The molecule has 1 saturated heterocycles. The Balaban J connectivity index is 1.44. The highest BCUT2D eigenvalue weighted by molar-refractivity contribution is 6.00. The molecule has 6 heteroatoms. The van der Waals surface area contributed by atoms with Gasteiger partial charge >= 0.3 is 6.18 Å². The van der Waals surface area contributed by atoms with E-state index in [1.54, 1.807) is 0 Å². The number of aryl methyl sites for hydroxylation is 1. The highest BCUT2D eigenvalue weighted by Gasteiger charge is 2.52. The van der Waals surface area contributed by atoms with Crippen molar-refractivity contribution >= 4 is 11.5 Å². The van der Waals surface area contributed by atoms with Gasteiger partial charge in [0.2, 0.25) is 0 Å². The van der Waals surface area contributed by atoms with Gasteiger partial charge in [0.1, 0.15) is 0 Å². The third-order valence-electron chi connectivity index (χ3n) is 9.05. The summed E-state index contributed by atoms with van der Waals surface area (Å²) in [6.07, 6.45) is 5.90. The van der Waals surface area contributed by atoms with Crippen LogP contribution < -0.4 is 0 Å². The van der Waals surface area contributed by atoms with Crippen LogP contribution in [0.2, 0.25) is 0 Å². The SMILES string of the molecule is Cc1ccc(C(=Nc2ccc(C(F)(F)F)cc2)N(C2C3CC4CC(C3)CC2C4)N2CCCCC2)cc1. The lowest BCUT2D eigenvalue weighted by atomic mass is 9.54. The lowest BCUT2D eigenvalue weighted by molar-refractivity contribution is -0.137. The summed E-state index contributed by atoms with van der Waals surface area (Å²) in [4.78, 5) is 5.12. The molecule has 0 atom stereocenters. The van der Waals surface area contributed by atoms with Crippen molar-refractivity contribution in [1.82, 2.24) is 10.0 Å². The Morgan fingerprint density at radius 3 is 1.94 bits per heavy atom. The first-order valence-electron chi connectivity index (χ1n) is 13.7. The Hall–Kier alpha value is -2.34. The van der Waals surface area contributed by atoms with Gasteiger partial charge in [0, 0.05) is 18.7 Å². The summed E-state index contributed by atoms with van der Waals surface area (Å²) in [7, 11) is 0. The summed E-state index contributed by atoms with van der Waals surface area (Å²) in [5, 5.41) is 5.06. The molecule has 4 saturated carbocycles. The second kappa shape index (κ2) is 9.51. The Labute approximate surface area is 212 Å². The van der Waals surface area contributed by atoms with Gasteiger partial charge in [-0.15, -0.1) is 0 Å². The number of hydrogen-bond donors (Lipinski definition) is 0. The van der Waals surface area contributed by atoms with Gasteiger partial charge in [0.25, 0.3) is 0 Å². The van der Waals surface area contributed by atoms with Crippen molar-refractivity contribution in [1.29, 1.82) is 0 Å². The number of benzene rings is 2. The van der Waals surface area contributed by atoms with E-state index >= 15 is 0 Å². The number of hydrogen-bond acceptors (Lipinski definition) is 2. The Kier molecular flexibility index (Phi) is 6.35. The summed E-state index contributed by atoms with van der Waals surface area (Å²) < 4.78 is 39.6. The Morgan fingerprint density at radius 1 is 0.806 bits per heavy atom. The maximum atomic E-state index is 13.2. The van der Waals surface area contributed by atoms with Gasteiger partial charge in [-0.2, -0.15) is 13.2 Å². The fourth-order valence-corrected chi connectivity index (χ4v) is 7.65. The molecule has 5 aliphatic rings.